The highest BCUT2D eigenvalue weighted by atomic mass is 32.1. The van der Waals surface area contributed by atoms with Crippen LogP contribution in [0.1, 0.15) is 70.1 Å². The summed E-state index contributed by atoms with van der Waals surface area (Å²) >= 11 is 1.70. The largest absolute Gasteiger partial charge is 0.497 e. The highest BCUT2D eigenvalue weighted by molar-refractivity contribution is 7.16. The summed E-state index contributed by atoms with van der Waals surface area (Å²) in [6, 6.07) is 12.0. The van der Waals surface area contributed by atoms with Crippen LogP contribution in [0.5, 0.6) is 17.2 Å². The number of anilines is 1. The van der Waals surface area contributed by atoms with E-state index in [4.69, 9.17) is 14.2 Å². The van der Waals surface area contributed by atoms with Gasteiger partial charge < -0.3 is 24.8 Å². The van der Waals surface area contributed by atoms with Gasteiger partial charge in [-0.1, -0.05) is 26.8 Å². The summed E-state index contributed by atoms with van der Waals surface area (Å²) in [4.78, 5) is 27.2. The third-order valence-electron chi connectivity index (χ3n) is 7.32. The van der Waals surface area contributed by atoms with Crippen molar-refractivity contribution in [1.29, 1.82) is 0 Å². The van der Waals surface area contributed by atoms with Crippen molar-refractivity contribution in [2.75, 3.05) is 19.5 Å². The van der Waals surface area contributed by atoms with Crippen LogP contribution >= 0.6 is 11.3 Å². The Morgan fingerprint density at radius 1 is 1.00 bits per heavy atom. The van der Waals surface area contributed by atoms with Crippen molar-refractivity contribution in [2.45, 2.75) is 46.2 Å². The lowest BCUT2D eigenvalue weighted by atomic mass is 9.72. The van der Waals surface area contributed by atoms with Crippen molar-refractivity contribution in [3.63, 3.8) is 0 Å². The smallest absolute Gasteiger partial charge is 0.343 e. The van der Waals surface area contributed by atoms with Crippen LogP contribution in [0.25, 0.3) is 0 Å². The SMILES string of the molecule is COc1ccc(C(=O)Oc2ccc(C3NC(=O)c4c(sc5c4CCC(C(C)(C)C)C5)N3)cc2OC)cc1. The van der Waals surface area contributed by atoms with Crippen LogP contribution < -0.4 is 24.8 Å². The van der Waals surface area contributed by atoms with Crippen LogP contribution in [0.15, 0.2) is 42.5 Å². The van der Waals surface area contributed by atoms with E-state index in [9.17, 15) is 9.59 Å². The topological polar surface area (TPSA) is 85.9 Å². The van der Waals surface area contributed by atoms with Crippen molar-refractivity contribution >= 4 is 28.2 Å². The number of carbonyl (C=O) groups excluding carboxylic acids is 2. The van der Waals surface area contributed by atoms with E-state index < -0.39 is 12.1 Å². The molecule has 0 saturated carbocycles. The molecule has 1 aliphatic heterocycles. The van der Waals surface area contributed by atoms with Crippen LogP contribution in [-0.4, -0.2) is 26.1 Å². The Morgan fingerprint density at radius 2 is 1.76 bits per heavy atom. The number of methoxy groups -OCH3 is 2. The number of hydrogen-bond acceptors (Lipinski definition) is 7. The van der Waals surface area contributed by atoms with Gasteiger partial charge in [0, 0.05) is 4.88 Å². The van der Waals surface area contributed by atoms with E-state index in [1.807, 2.05) is 6.07 Å². The van der Waals surface area contributed by atoms with Gasteiger partial charge in [-0.2, -0.15) is 0 Å². The predicted molar refractivity (Wildman–Crippen MR) is 144 cm³/mol. The molecule has 0 radical (unpaired) electrons. The Hall–Kier alpha value is -3.52. The zero-order chi connectivity index (χ0) is 26.3. The van der Waals surface area contributed by atoms with Crippen LogP contribution in [0.2, 0.25) is 0 Å². The fourth-order valence-electron chi connectivity index (χ4n) is 5.04. The zero-order valence-corrected chi connectivity index (χ0v) is 22.6. The number of benzene rings is 2. The lowest BCUT2D eigenvalue weighted by Crippen LogP contribution is -2.38. The number of ether oxygens (including phenoxy) is 3. The number of esters is 1. The molecule has 3 aromatic rings. The van der Waals surface area contributed by atoms with Gasteiger partial charge in [0.25, 0.3) is 5.91 Å². The average molecular weight is 521 g/mol. The van der Waals surface area contributed by atoms with Gasteiger partial charge in [-0.25, -0.2) is 4.79 Å². The molecule has 2 atom stereocenters. The Balaban J connectivity index is 1.35. The Kier molecular flexibility index (Phi) is 6.62. The van der Waals surface area contributed by atoms with E-state index in [0.717, 1.165) is 35.4 Å². The molecule has 194 valence electrons. The molecule has 8 heteroatoms. The number of rotatable bonds is 5. The number of fused-ring (bicyclic) bond motifs is 3. The van der Waals surface area contributed by atoms with Crippen LogP contribution in [-0.2, 0) is 12.8 Å². The Morgan fingerprint density at radius 3 is 2.43 bits per heavy atom. The van der Waals surface area contributed by atoms with Gasteiger partial charge in [-0.3, -0.25) is 4.79 Å². The molecule has 2 unspecified atom stereocenters. The van der Waals surface area contributed by atoms with E-state index in [1.165, 1.54) is 17.6 Å². The molecule has 2 N–H and O–H groups in total. The third-order valence-corrected chi connectivity index (χ3v) is 8.50. The fourth-order valence-corrected chi connectivity index (χ4v) is 6.39. The quantitative estimate of drug-likeness (QED) is 0.318. The molecule has 1 aromatic heterocycles. The maximum absolute atomic E-state index is 13.2. The van der Waals surface area contributed by atoms with Crippen LogP contribution in [0.3, 0.4) is 0 Å². The summed E-state index contributed by atoms with van der Waals surface area (Å²) in [5.74, 6) is 1.41. The molecule has 0 fully saturated rings. The highest BCUT2D eigenvalue weighted by Gasteiger charge is 2.36. The van der Waals surface area contributed by atoms with Gasteiger partial charge in [0.05, 0.1) is 25.3 Å². The van der Waals surface area contributed by atoms with E-state index in [0.29, 0.717) is 28.7 Å². The maximum Gasteiger partial charge on any atom is 0.343 e. The van der Waals surface area contributed by atoms with Crippen molar-refractivity contribution in [2.24, 2.45) is 11.3 Å². The lowest BCUT2D eigenvalue weighted by molar-refractivity contribution is 0.0729. The van der Waals surface area contributed by atoms with Gasteiger partial charge in [0.15, 0.2) is 11.5 Å². The fraction of sp³-hybridized carbons (Fsp3) is 0.379. The lowest BCUT2D eigenvalue weighted by Gasteiger charge is -2.34. The summed E-state index contributed by atoms with van der Waals surface area (Å²) in [6.45, 7) is 6.88. The zero-order valence-electron chi connectivity index (χ0n) is 21.8. The molecule has 2 aliphatic rings. The molecular formula is C29H32N2O5S. The first-order valence-corrected chi connectivity index (χ1v) is 13.3. The molecule has 0 spiro atoms. The summed E-state index contributed by atoms with van der Waals surface area (Å²) in [6.07, 6.45) is 2.63. The minimum absolute atomic E-state index is 0.0561. The first-order chi connectivity index (χ1) is 17.7. The van der Waals surface area contributed by atoms with Crippen molar-refractivity contribution in [3.8, 4) is 17.2 Å². The van der Waals surface area contributed by atoms with Crippen molar-refractivity contribution in [3.05, 3.63) is 69.6 Å². The second-order valence-corrected chi connectivity index (χ2v) is 11.7. The van der Waals surface area contributed by atoms with Crippen molar-refractivity contribution < 1.29 is 23.8 Å². The normalized spacial score (nSPS) is 18.7. The Labute approximate surface area is 221 Å². The predicted octanol–water partition coefficient (Wildman–Crippen LogP) is 5.99. The minimum atomic E-state index is -0.500. The van der Waals surface area contributed by atoms with Gasteiger partial charge in [-0.15, -0.1) is 11.3 Å². The molecule has 7 nitrogen and oxygen atoms in total. The molecule has 2 aromatic carbocycles. The van der Waals surface area contributed by atoms with E-state index >= 15 is 0 Å². The van der Waals surface area contributed by atoms with Gasteiger partial charge >= 0.3 is 5.97 Å². The summed E-state index contributed by atoms with van der Waals surface area (Å²) in [7, 11) is 3.09. The van der Waals surface area contributed by atoms with E-state index in [2.05, 4.69) is 31.4 Å². The highest BCUT2D eigenvalue weighted by Crippen LogP contribution is 2.46. The number of thiophene rings is 1. The molecule has 0 saturated heterocycles. The summed E-state index contributed by atoms with van der Waals surface area (Å²) < 4.78 is 16.3. The molecule has 5 rings (SSSR count). The van der Waals surface area contributed by atoms with Gasteiger partial charge in [0.2, 0.25) is 0 Å². The molecule has 37 heavy (non-hydrogen) atoms. The molecule has 2 heterocycles. The summed E-state index contributed by atoms with van der Waals surface area (Å²) in [5, 5.41) is 7.53. The maximum atomic E-state index is 13.2. The second kappa shape index (κ2) is 9.74. The molecular weight excluding hydrogens is 488 g/mol. The van der Waals surface area contributed by atoms with E-state index in [1.54, 1.807) is 54.8 Å². The number of amides is 1. The monoisotopic (exact) mass is 520 g/mol. The van der Waals surface area contributed by atoms with E-state index in [-0.39, 0.29) is 11.3 Å². The summed E-state index contributed by atoms with van der Waals surface area (Å²) in [5.41, 5.74) is 3.44. The number of nitrogens with one attached hydrogen (secondary N) is 2. The average Bonchev–Trinajstić information content (AvgIpc) is 3.26. The third kappa shape index (κ3) is 4.90. The Bertz CT molecular complexity index is 1340. The molecule has 1 amide bonds. The van der Waals surface area contributed by atoms with Crippen molar-refractivity contribution in [1.82, 2.24) is 5.32 Å². The molecule has 1 aliphatic carbocycles. The second-order valence-electron chi connectivity index (χ2n) is 10.6. The van der Waals surface area contributed by atoms with Crippen LogP contribution in [0, 0.1) is 11.3 Å². The number of hydrogen-bond donors (Lipinski definition) is 2. The van der Waals surface area contributed by atoms with Crippen LogP contribution in [0.4, 0.5) is 5.00 Å². The first-order valence-electron chi connectivity index (χ1n) is 12.4. The molecule has 0 bridgehead atoms. The standard InChI is InChI=1S/C29H32N2O5S/c1-29(2,3)18-9-12-20-23(15-18)37-27-24(20)26(32)30-25(31-27)17-8-13-21(22(14-17)35-5)36-28(33)16-6-10-19(34-4)11-7-16/h6-8,10-11,13-14,18,25,31H,9,12,15H2,1-5H3,(H,30,32). The minimum Gasteiger partial charge on any atom is -0.497 e. The van der Waals surface area contributed by atoms with Gasteiger partial charge in [-0.05, 0) is 78.1 Å². The van der Waals surface area contributed by atoms with Gasteiger partial charge in [0.1, 0.15) is 16.9 Å². The first kappa shape index (κ1) is 25.1. The number of carbonyl (C=O) groups is 2.